The molecule has 3 heteroatoms. The smallest absolute Gasteiger partial charge is 0.0623 e. The third kappa shape index (κ3) is 4.81. The van der Waals surface area contributed by atoms with E-state index in [0.717, 1.165) is 13.1 Å². The Balaban J connectivity index is 4.47. The van der Waals surface area contributed by atoms with Crippen molar-refractivity contribution in [3.8, 4) is 0 Å². The fourth-order valence-electron chi connectivity index (χ4n) is 1.94. The van der Waals surface area contributed by atoms with Gasteiger partial charge in [0.1, 0.15) is 0 Å². The summed E-state index contributed by atoms with van der Waals surface area (Å²) in [7, 11) is 2.13. The second kappa shape index (κ2) is 5.99. The number of aliphatic hydroxyl groups is 1. The van der Waals surface area contributed by atoms with Gasteiger partial charge >= 0.3 is 0 Å². The highest BCUT2D eigenvalue weighted by molar-refractivity contribution is 4.88. The molecule has 0 aliphatic rings. The van der Waals surface area contributed by atoms with Gasteiger partial charge in [-0.25, -0.2) is 0 Å². The zero-order chi connectivity index (χ0) is 13.0. The van der Waals surface area contributed by atoms with E-state index in [1.807, 2.05) is 0 Å². The van der Waals surface area contributed by atoms with Gasteiger partial charge in [0, 0.05) is 12.6 Å². The van der Waals surface area contributed by atoms with Gasteiger partial charge in [0.25, 0.3) is 0 Å². The monoisotopic (exact) mass is 230 g/mol. The van der Waals surface area contributed by atoms with Crippen LogP contribution in [0.5, 0.6) is 0 Å². The molecule has 0 aromatic carbocycles. The van der Waals surface area contributed by atoms with Gasteiger partial charge in [-0.3, -0.25) is 0 Å². The van der Waals surface area contributed by atoms with E-state index in [1.165, 1.54) is 0 Å². The molecule has 0 spiro atoms. The van der Waals surface area contributed by atoms with Crippen molar-refractivity contribution in [3.63, 3.8) is 0 Å². The predicted octanol–water partition coefficient (Wildman–Crippen LogP) is 1.71. The fourth-order valence-corrected chi connectivity index (χ4v) is 1.94. The number of hydrogen-bond donors (Lipinski definition) is 2. The lowest BCUT2D eigenvalue weighted by atomic mass is 9.86. The third-order valence-electron chi connectivity index (χ3n) is 3.47. The summed E-state index contributed by atoms with van der Waals surface area (Å²) in [5, 5.41) is 12.8. The summed E-state index contributed by atoms with van der Waals surface area (Å²) in [6.07, 6.45) is 0. The Morgan fingerprint density at radius 2 is 1.75 bits per heavy atom. The Morgan fingerprint density at radius 1 is 1.25 bits per heavy atom. The molecule has 0 aromatic rings. The minimum absolute atomic E-state index is 0.169. The molecule has 16 heavy (non-hydrogen) atoms. The first kappa shape index (κ1) is 15.9. The van der Waals surface area contributed by atoms with Crippen molar-refractivity contribution >= 4 is 0 Å². The van der Waals surface area contributed by atoms with Gasteiger partial charge in [0.15, 0.2) is 0 Å². The van der Waals surface area contributed by atoms with Gasteiger partial charge in [-0.15, -0.1) is 0 Å². The van der Waals surface area contributed by atoms with E-state index in [0.29, 0.717) is 6.04 Å². The summed E-state index contributed by atoms with van der Waals surface area (Å²) < 4.78 is 0. The number of aliphatic hydroxyl groups excluding tert-OH is 1. The van der Waals surface area contributed by atoms with Gasteiger partial charge in [-0.1, -0.05) is 27.7 Å². The van der Waals surface area contributed by atoms with Crippen molar-refractivity contribution in [1.82, 2.24) is 10.2 Å². The van der Waals surface area contributed by atoms with Crippen molar-refractivity contribution in [2.75, 3.05) is 26.7 Å². The van der Waals surface area contributed by atoms with Crippen LogP contribution >= 0.6 is 0 Å². The van der Waals surface area contributed by atoms with E-state index in [-0.39, 0.29) is 17.6 Å². The quantitative estimate of drug-likeness (QED) is 0.729. The largest absolute Gasteiger partial charge is 0.394 e. The minimum Gasteiger partial charge on any atom is -0.394 e. The lowest BCUT2D eigenvalue weighted by molar-refractivity contribution is 0.0787. The van der Waals surface area contributed by atoms with Gasteiger partial charge in [0.05, 0.1) is 12.1 Å². The number of nitrogens with one attached hydrogen (secondary N) is 1. The van der Waals surface area contributed by atoms with Crippen LogP contribution < -0.4 is 5.32 Å². The van der Waals surface area contributed by atoms with Crippen LogP contribution in [0.1, 0.15) is 41.5 Å². The van der Waals surface area contributed by atoms with Gasteiger partial charge in [-0.2, -0.15) is 0 Å². The summed E-state index contributed by atoms with van der Waals surface area (Å²) in [5.74, 6) is 0. The molecule has 0 aliphatic carbocycles. The lowest BCUT2D eigenvalue weighted by Gasteiger charge is -2.40. The van der Waals surface area contributed by atoms with Gasteiger partial charge in [-0.05, 0) is 32.9 Å². The fraction of sp³-hybridized carbons (Fsp3) is 1.00. The van der Waals surface area contributed by atoms with Crippen LogP contribution in [0.3, 0.4) is 0 Å². The van der Waals surface area contributed by atoms with Crippen LogP contribution in [0.15, 0.2) is 0 Å². The molecule has 0 saturated carbocycles. The Morgan fingerprint density at radius 3 is 2.06 bits per heavy atom. The van der Waals surface area contributed by atoms with E-state index < -0.39 is 0 Å². The summed E-state index contributed by atoms with van der Waals surface area (Å²) in [5.41, 5.74) is 0.0559. The maximum Gasteiger partial charge on any atom is 0.0623 e. The molecule has 2 N–H and O–H groups in total. The summed E-state index contributed by atoms with van der Waals surface area (Å²) >= 11 is 0. The second-order valence-electron chi connectivity index (χ2n) is 6.21. The van der Waals surface area contributed by atoms with Crippen LogP contribution in [0, 0.1) is 5.41 Å². The van der Waals surface area contributed by atoms with Crippen molar-refractivity contribution in [3.05, 3.63) is 0 Å². The highest BCUT2D eigenvalue weighted by Crippen LogP contribution is 2.24. The maximum absolute atomic E-state index is 9.46. The Bertz CT molecular complexity index is 201. The molecule has 0 bridgehead atoms. The number of hydrogen-bond acceptors (Lipinski definition) is 3. The molecule has 0 radical (unpaired) electrons. The topological polar surface area (TPSA) is 35.5 Å². The molecule has 0 aromatic heterocycles. The molecule has 0 saturated heterocycles. The van der Waals surface area contributed by atoms with E-state index in [9.17, 15) is 5.11 Å². The van der Waals surface area contributed by atoms with Crippen molar-refractivity contribution in [1.29, 1.82) is 0 Å². The average molecular weight is 230 g/mol. The summed E-state index contributed by atoms with van der Waals surface area (Å²) in [4.78, 5) is 2.32. The van der Waals surface area contributed by atoms with Crippen molar-refractivity contribution < 1.29 is 5.11 Å². The zero-order valence-electron chi connectivity index (χ0n) is 12.1. The van der Waals surface area contributed by atoms with E-state index >= 15 is 0 Å². The van der Waals surface area contributed by atoms with Crippen LogP contribution in [0.4, 0.5) is 0 Å². The minimum atomic E-state index is -0.205. The second-order valence-corrected chi connectivity index (χ2v) is 6.21. The molecule has 2 atom stereocenters. The predicted molar refractivity (Wildman–Crippen MR) is 70.7 cm³/mol. The standard InChI is InChI=1S/C13H30N2O/c1-8-14-13(6,10-16)9-15(7)11(2)12(3,4)5/h11,14,16H,8-10H2,1-7H3. The summed E-state index contributed by atoms with van der Waals surface area (Å²) in [6, 6.07) is 0.483. The van der Waals surface area contributed by atoms with Gasteiger partial charge < -0.3 is 15.3 Å². The van der Waals surface area contributed by atoms with Crippen LogP contribution in [-0.2, 0) is 0 Å². The maximum atomic E-state index is 9.46. The molecule has 0 amide bonds. The van der Waals surface area contributed by atoms with Crippen LogP contribution in [0.2, 0.25) is 0 Å². The van der Waals surface area contributed by atoms with Gasteiger partial charge in [0.2, 0.25) is 0 Å². The highest BCUT2D eigenvalue weighted by atomic mass is 16.3. The van der Waals surface area contributed by atoms with Crippen LogP contribution in [0.25, 0.3) is 0 Å². The number of likely N-dealkylation sites (N-methyl/N-ethyl adjacent to an activating group) is 2. The normalized spacial score (nSPS) is 18.6. The highest BCUT2D eigenvalue weighted by Gasteiger charge is 2.30. The molecule has 0 rings (SSSR count). The molecule has 98 valence electrons. The molecule has 0 aliphatic heterocycles. The SMILES string of the molecule is CCNC(C)(CO)CN(C)C(C)C(C)(C)C. The van der Waals surface area contributed by atoms with E-state index in [2.05, 4.69) is 58.8 Å². The zero-order valence-corrected chi connectivity index (χ0v) is 12.1. The van der Waals surface area contributed by atoms with E-state index in [4.69, 9.17) is 0 Å². The Kier molecular flexibility index (Phi) is 5.94. The first-order valence-corrected chi connectivity index (χ1v) is 6.22. The number of nitrogens with zero attached hydrogens (tertiary/aromatic N) is 1. The Labute approximate surface area is 101 Å². The summed E-state index contributed by atoms with van der Waals surface area (Å²) in [6.45, 7) is 15.0. The molecule has 0 heterocycles. The van der Waals surface area contributed by atoms with Crippen molar-refractivity contribution in [2.45, 2.75) is 53.1 Å². The van der Waals surface area contributed by atoms with Crippen LogP contribution in [-0.4, -0.2) is 48.3 Å². The molecular formula is C13H30N2O. The molecule has 2 unspecified atom stereocenters. The molecular weight excluding hydrogens is 200 g/mol. The third-order valence-corrected chi connectivity index (χ3v) is 3.47. The Hall–Kier alpha value is -0.120. The first-order valence-electron chi connectivity index (χ1n) is 6.22. The van der Waals surface area contributed by atoms with E-state index in [1.54, 1.807) is 0 Å². The average Bonchev–Trinajstić information content (AvgIpc) is 2.15. The number of rotatable bonds is 6. The van der Waals surface area contributed by atoms with Crippen molar-refractivity contribution in [2.24, 2.45) is 5.41 Å². The lowest BCUT2D eigenvalue weighted by Crippen LogP contribution is -2.56. The molecule has 0 fully saturated rings. The first-order chi connectivity index (χ1) is 7.16. The molecule has 3 nitrogen and oxygen atoms in total.